The minimum absolute atomic E-state index is 0.301. The predicted octanol–water partition coefficient (Wildman–Crippen LogP) is 6.70. The standard InChI is InChI=1S/C27H22O4P2/c28-32(26-16-7-3-12-22(26)20-10-1-5-14-24(20)30-32)18-9-19-33(29)27-17-8-4-13-23(27)21-11-2-6-15-25(21)31-33/h1-8,10-17H,9,18-19H2. The van der Waals surface area contributed by atoms with E-state index in [1.54, 1.807) is 0 Å². The van der Waals surface area contributed by atoms with E-state index in [1.165, 1.54) is 0 Å². The molecular formula is C27H22O4P2. The van der Waals surface area contributed by atoms with E-state index in [4.69, 9.17) is 9.05 Å². The van der Waals surface area contributed by atoms with Crippen molar-refractivity contribution in [2.45, 2.75) is 6.42 Å². The summed E-state index contributed by atoms with van der Waals surface area (Å²) in [5.74, 6) is 1.28. The van der Waals surface area contributed by atoms with Crippen LogP contribution in [0.2, 0.25) is 0 Å². The van der Waals surface area contributed by atoms with Gasteiger partial charge in [-0.1, -0.05) is 72.8 Å². The van der Waals surface area contributed by atoms with Gasteiger partial charge in [-0.05, 0) is 41.8 Å². The van der Waals surface area contributed by atoms with Gasteiger partial charge in [-0.3, -0.25) is 9.13 Å². The number of hydrogen-bond donors (Lipinski definition) is 0. The summed E-state index contributed by atoms with van der Waals surface area (Å²) in [6.07, 6.45) is 1.06. The van der Waals surface area contributed by atoms with Gasteiger partial charge in [-0.2, -0.15) is 0 Å². The highest BCUT2D eigenvalue weighted by Gasteiger charge is 2.39. The van der Waals surface area contributed by atoms with E-state index in [0.29, 0.717) is 30.2 Å². The normalized spacial score (nSPS) is 22.1. The van der Waals surface area contributed by atoms with Crippen molar-refractivity contribution in [3.63, 3.8) is 0 Å². The fraction of sp³-hybridized carbons (Fsp3) is 0.111. The van der Waals surface area contributed by atoms with Gasteiger partial charge in [0.25, 0.3) is 14.7 Å². The summed E-state index contributed by atoms with van der Waals surface area (Å²) in [7, 11) is -6.32. The van der Waals surface area contributed by atoms with Gasteiger partial charge in [0.15, 0.2) is 0 Å². The fourth-order valence-electron chi connectivity index (χ4n) is 4.77. The quantitative estimate of drug-likeness (QED) is 0.310. The Bertz CT molecular complexity index is 1370. The second-order valence-electron chi connectivity index (χ2n) is 8.36. The van der Waals surface area contributed by atoms with Crippen LogP contribution in [0.3, 0.4) is 0 Å². The van der Waals surface area contributed by atoms with Crippen LogP contribution in [-0.2, 0) is 9.13 Å². The zero-order chi connectivity index (χ0) is 22.5. The molecule has 4 aromatic rings. The SMILES string of the molecule is O=P1(CCCP2(=O)Oc3ccccc3-c3ccccc32)Oc2ccccc2-c2ccccc21. The summed E-state index contributed by atoms with van der Waals surface area (Å²) in [6, 6.07) is 30.8. The van der Waals surface area contributed by atoms with Gasteiger partial charge in [0.1, 0.15) is 11.5 Å². The second kappa shape index (κ2) is 7.76. The highest BCUT2D eigenvalue weighted by molar-refractivity contribution is 7.68. The third-order valence-corrected chi connectivity index (χ3v) is 11.3. The third kappa shape index (κ3) is 3.37. The lowest BCUT2D eigenvalue weighted by Gasteiger charge is -2.30. The Balaban J connectivity index is 1.30. The van der Waals surface area contributed by atoms with Gasteiger partial charge in [0.05, 0.1) is 10.6 Å². The Labute approximate surface area is 193 Å². The molecule has 0 N–H and O–H groups in total. The minimum atomic E-state index is -3.16. The van der Waals surface area contributed by atoms with Crippen LogP contribution >= 0.6 is 14.7 Å². The number of fused-ring (bicyclic) bond motifs is 6. The molecule has 2 atom stereocenters. The lowest BCUT2D eigenvalue weighted by molar-refractivity contribution is 0.484. The Morgan fingerprint density at radius 2 is 0.848 bits per heavy atom. The van der Waals surface area contributed by atoms with E-state index in [-0.39, 0.29) is 0 Å². The molecule has 33 heavy (non-hydrogen) atoms. The molecule has 0 spiro atoms. The molecule has 4 aromatic carbocycles. The van der Waals surface area contributed by atoms with Crippen molar-refractivity contribution in [1.82, 2.24) is 0 Å². The van der Waals surface area contributed by atoms with Crippen LogP contribution in [0.5, 0.6) is 11.5 Å². The van der Waals surface area contributed by atoms with Crippen LogP contribution in [0.1, 0.15) is 6.42 Å². The van der Waals surface area contributed by atoms with Crippen molar-refractivity contribution >= 4 is 25.3 Å². The van der Waals surface area contributed by atoms with E-state index in [1.807, 2.05) is 97.1 Å². The van der Waals surface area contributed by atoms with E-state index in [9.17, 15) is 9.13 Å². The maximum Gasteiger partial charge on any atom is 0.277 e. The van der Waals surface area contributed by atoms with E-state index in [2.05, 4.69) is 0 Å². The molecule has 0 fully saturated rings. The van der Waals surface area contributed by atoms with Gasteiger partial charge < -0.3 is 9.05 Å². The predicted molar refractivity (Wildman–Crippen MR) is 134 cm³/mol. The Morgan fingerprint density at radius 3 is 1.30 bits per heavy atom. The van der Waals surface area contributed by atoms with Crippen LogP contribution in [0.4, 0.5) is 0 Å². The zero-order valence-electron chi connectivity index (χ0n) is 17.9. The maximum absolute atomic E-state index is 14.1. The molecule has 0 aromatic heterocycles. The van der Waals surface area contributed by atoms with Crippen molar-refractivity contribution in [2.24, 2.45) is 0 Å². The average Bonchev–Trinajstić information content (AvgIpc) is 2.84. The Hall–Kier alpha value is -3.06. The first-order valence-corrected chi connectivity index (χ1v) is 14.6. The van der Waals surface area contributed by atoms with Crippen LogP contribution in [0.25, 0.3) is 22.3 Å². The highest BCUT2D eigenvalue weighted by Crippen LogP contribution is 2.58. The van der Waals surface area contributed by atoms with Crippen LogP contribution < -0.4 is 19.7 Å². The Kier molecular flexibility index (Phi) is 4.83. The highest BCUT2D eigenvalue weighted by atomic mass is 31.2. The maximum atomic E-state index is 14.1. The van der Waals surface area contributed by atoms with Crippen molar-refractivity contribution < 1.29 is 18.2 Å². The summed E-state index contributed by atoms with van der Waals surface area (Å²) in [5, 5.41) is 1.47. The number of benzene rings is 4. The molecule has 0 radical (unpaired) electrons. The summed E-state index contributed by atoms with van der Waals surface area (Å²) < 4.78 is 40.3. The minimum Gasteiger partial charge on any atom is -0.439 e. The lowest BCUT2D eigenvalue weighted by Crippen LogP contribution is -2.22. The summed E-state index contributed by atoms with van der Waals surface area (Å²) in [4.78, 5) is 0. The molecule has 0 amide bonds. The lowest BCUT2D eigenvalue weighted by atomic mass is 10.0. The second-order valence-corrected chi connectivity index (χ2v) is 13.3. The molecule has 0 saturated heterocycles. The summed E-state index contributed by atoms with van der Waals surface area (Å²) in [6.45, 7) is 0. The molecule has 4 nitrogen and oxygen atoms in total. The zero-order valence-corrected chi connectivity index (χ0v) is 19.7. The molecule has 0 bridgehead atoms. The van der Waals surface area contributed by atoms with Crippen molar-refractivity contribution in [3.05, 3.63) is 97.1 Å². The molecule has 2 unspecified atom stereocenters. The molecule has 0 aliphatic carbocycles. The first-order chi connectivity index (χ1) is 16.1. The van der Waals surface area contributed by atoms with E-state index >= 15 is 0 Å². The summed E-state index contributed by atoms with van der Waals surface area (Å²) in [5.41, 5.74) is 3.80. The number of para-hydroxylation sites is 2. The number of hydrogen-bond acceptors (Lipinski definition) is 4. The van der Waals surface area contributed by atoms with Crippen molar-refractivity contribution in [3.8, 4) is 33.8 Å². The molecular weight excluding hydrogens is 450 g/mol. The first-order valence-electron chi connectivity index (χ1n) is 11.0. The van der Waals surface area contributed by atoms with E-state index in [0.717, 1.165) is 32.9 Å². The number of rotatable bonds is 4. The molecule has 6 rings (SSSR count). The molecule has 2 aliphatic heterocycles. The van der Waals surface area contributed by atoms with Gasteiger partial charge in [0.2, 0.25) is 0 Å². The van der Waals surface area contributed by atoms with Crippen LogP contribution in [-0.4, -0.2) is 12.3 Å². The molecule has 0 saturated carbocycles. The average molecular weight is 472 g/mol. The summed E-state index contributed by atoms with van der Waals surface area (Å²) >= 11 is 0. The molecule has 2 heterocycles. The van der Waals surface area contributed by atoms with Crippen LogP contribution in [0.15, 0.2) is 97.1 Å². The molecule has 2 aliphatic rings. The largest absolute Gasteiger partial charge is 0.439 e. The van der Waals surface area contributed by atoms with Gasteiger partial charge in [-0.15, -0.1) is 0 Å². The topological polar surface area (TPSA) is 52.6 Å². The van der Waals surface area contributed by atoms with Gasteiger partial charge >= 0.3 is 0 Å². The van der Waals surface area contributed by atoms with E-state index < -0.39 is 14.7 Å². The van der Waals surface area contributed by atoms with Gasteiger partial charge in [0, 0.05) is 23.5 Å². The first kappa shape index (κ1) is 20.5. The molecule has 164 valence electrons. The fourth-order valence-corrected chi connectivity index (χ4v) is 9.73. The van der Waals surface area contributed by atoms with Crippen LogP contribution in [0, 0.1) is 0 Å². The smallest absolute Gasteiger partial charge is 0.277 e. The van der Waals surface area contributed by atoms with Crippen molar-refractivity contribution in [2.75, 3.05) is 12.3 Å². The monoisotopic (exact) mass is 472 g/mol. The van der Waals surface area contributed by atoms with Crippen molar-refractivity contribution in [1.29, 1.82) is 0 Å². The van der Waals surface area contributed by atoms with Gasteiger partial charge in [-0.25, -0.2) is 0 Å². The third-order valence-electron chi connectivity index (χ3n) is 6.29. The molecule has 6 heteroatoms. The Morgan fingerprint density at radius 1 is 0.485 bits per heavy atom.